The molecule has 0 radical (unpaired) electrons. The number of aldehydes is 1. The molecule has 0 aromatic carbocycles. The lowest BCUT2D eigenvalue weighted by atomic mass is 9.87. The fourth-order valence-corrected chi connectivity index (χ4v) is 7.65. The zero-order valence-electron chi connectivity index (χ0n) is 29.1. The maximum Gasteiger partial charge on any atom is 0.481 e. The van der Waals surface area contributed by atoms with Gasteiger partial charge >= 0.3 is 23.5 Å². The Morgan fingerprint density at radius 1 is 1.09 bits per heavy atom. The Labute approximate surface area is 311 Å². The van der Waals surface area contributed by atoms with E-state index in [1.165, 1.54) is 27.7 Å². The summed E-state index contributed by atoms with van der Waals surface area (Å²) in [6.45, 7) is 3.35. The van der Waals surface area contributed by atoms with Gasteiger partial charge in [0.05, 0.1) is 19.5 Å². The molecule has 0 aliphatic carbocycles. The molecule has 54 heavy (non-hydrogen) atoms. The van der Waals surface area contributed by atoms with Crippen molar-refractivity contribution in [3.8, 4) is 0 Å². The fraction of sp³-hybridized carbons (Fsp3) is 0.640. The predicted octanol–water partition coefficient (Wildman–Crippen LogP) is -1.11. The number of carbonyl (C=O) groups is 4. The van der Waals surface area contributed by atoms with Crippen molar-refractivity contribution in [1.29, 1.82) is 0 Å². The van der Waals surface area contributed by atoms with E-state index in [9.17, 15) is 57.9 Å². The van der Waals surface area contributed by atoms with Crippen molar-refractivity contribution in [3.05, 3.63) is 12.7 Å². The number of anilines is 1. The number of nitrogens with two attached hydrogens (primary N) is 1. The molecule has 7 atom stereocenters. The van der Waals surface area contributed by atoms with Crippen LogP contribution in [0.5, 0.6) is 0 Å². The Bertz CT molecular complexity index is 1760. The third-order valence-electron chi connectivity index (χ3n) is 6.81. The van der Waals surface area contributed by atoms with E-state index in [2.05, 4.69) is 34.4 Å². The van der Waals surface area contributed by atoms with E-state index in [0.717, 1.165) is 35.3 Å². The lowest BCUT2D eigenvalue weighted by molar-refractivity contribution is -0.137. The maximum absolute atomic E-state index is 12.6. The number of hydrogen-bond donors (Lipinski definition) is 9. The van der Waals surface area contributed by atoms with Gasteiger partial charge in [-0.15, -0.1) is 0 Å². The highest BCUT2D eigenvalue weighted by molar-refractivity contribution is 8.13. The third kappa shape index (κ3) is 15.0. The molecular formula is C25H42N7O18P3S. The molecule has 3 unspecified atom stereocenters. The van der Waals surface area contributed by atoms with E-state index in [1.807, 2.05) is 0 Å². The molecule has 1 aliphatic heterocycles. The minimum Gasteiger partial charge on any atom is -0.386 e. The number of amides is 2. The van der Waals surface area contributed by atoms with E-state index in [-0.39, 0.29) is 41.6 Å². The SMILES string of the molecule is CC(=O)SCCNC(=O)CCNC(=O)C(O)C(C)(C)COP(=O)(O)OP(=O)(O)OC[C@H]1O[C@@H](n2cnc3c(N)ncnc32)[C@H](O)[C@@H]1OP(=O)(O)O.CC=O. The minimum atomic E-state index is -5.56. The average Bonchev–Trinajstić information content (AvgIpc) is 3.61. The summed E-state index contributed by atoms with van der Waals surface area (Å²) in [6.07, 6.45) is -6.13. The first-order chi connectivity index (χ1) is 24.9. The molecule has 1 aliphatic rings. The van der Waals surface area contributed by atoms with Crippen LogP contribution in [0.1, 0.15) is 40.3 Å². The highest BCUT2D eigenvalue weighted by atomic mass is 32.2. The van der Waals surface area contributed by atoms with Gasteiger partial charge in [-0.2, -0.15) is 4.31 Å². The number of imidazole rings is 1. The summed E-state index contributed by atoms with van der Waals surface area (Å²) in [5.74, 6) is -1.08. The number of phosphoric acid groups is 3. The molecule has 2 aromatic rings. The van der Waals surface area contributed by atoms with Gasteiger partial charge in [-0.1, -0.05) is 25.6 Å². The monoisotopic (exact) mass is 853 g/mol. The summed E-state index contributed by atoms with van der Waals surface area (Å²) in [6, 6.07) is 0. The van der Waals surface area contributed by atoms with Crippen LogP contribution >= 0.6 is 35.2 Å². The second-order valence-corrected chi connectivity index (χ2v) is 17.2. The van der Waals surface area contributed by atoms with Crippen LogP contribution in [0.3, 0.4) is 0 Å². The standard InChI is InChI=1S/C23H38N7O17P3S.C2H4O/c1-12(31)51-7-6-25-14(32)4-5-26-21(35)18(34)23(2,3)9-44-50(41,42)47-49(39,40)43-8-13-17(46-48(36,37)38)16(33)22(45-13)30-11-29-15-19(24)27-10-28-20(15)30;1-2-3/h10-11,13,16-18,22,33-34H,4-9H2,1-3H3,(H,25,32)(H,26,35)(H,39,40)(H,41,42)(H2,24,27,28)(H2,36,37,38);2H,1H3/t13-,16-,17-,18?,22-;/m1./s1. The summed E-state index contributed by atoms with van der Waals surface area (Å²) in [7, 11) is -16.4. The number of nitrogen functional groups attached to an aromatic ring is 1. The molecule has 1 fully saturated rings. The maximum atomic E-state index is 12.6. The summed E-state index contributed by atoms with van der Waals surface area (Å²) in [5.41, 5.74) is 4.26. The van der Waals surface area contributed by atoms with E-state index in [0.29, 0.717) is 5.75 Å². The Morgan fingerprint density at radius 2 is 1.72 bits per heavy atom. The first kappa shape index (κ1) is 47.4. The largest absolute Gasteiger partial charge is 0.481 e. The number of aliphatic hydroxyl groups excluding tert-OH is 2. The van der Waals surface area contributed by atoms with Crippen LogP contribution in [-0.4, -0.2) is 129 Å². The summed E-state index contributed by atoms with van der Waals surface area (Å²) in [5, 5.41) is 26.1. The van der Waals surface area contributed by atoms with Gasteiger partial charge in [0.2, 0.25) is 11.8 Å². The van der Waals surface area contributed by atoms with Crippen molar-refractivity contribution in [2.24, 2.45) is 5.41 Å². The third-order valence-corrected chi connectivity index (χ3v) is 10.7. The smallest absolute Gasteiger partial charge is 0.386 e. The number of aromatic nitrogens is 4. The summed E-state index contributed by atoms with van der Waals surface area (Å²) in [4.78, 5) is 94.7. The first-order valence-electron chi connectivity index (χ1n) is 15.4. The van der Waals surface area contributed by atoms with Gasteiger partial charge in [0, 0.05) is 37.6 Å². The second-order valence-electron chi connectivity index (χ2n) is 11.6. The molecule has 0 bridgehead atoms. The lowest BCUT2D eigenvalue weighted by Crippen LogP contribution is -2.46. The number of ether oxygens (including phenoxy) is 1. The molecule has 0 saturated carbocycles. The van der Waals surface area contributed by atoms with E-state index in [1.54, 1.807) is 0 Å². The minimum absolute atomic E-state index is 0.0310. The molecule has 2 amide bonds. The number of aliphatic hydroxyl groups is 2. The van der Waals surface area contributed by atoms with Gasteiger partial charge in [-0.3, -0.25) is 32.5 Å². The quantitative estimate of drug-likeness (QED) is 0.0459. The van der Waals surface area contributed by atoms with Gasteiger partial charge < -0.3 is 55.7 Å². The van der Waals surface area contributed by atoms with Gasteiger partial charge in [0.25, 0.3) is 0 Å². The van der Waals surface area contributed by atoms with Crippen LogP contribution in [-0.2, 0) is 55.5 Å². The fourth-order valence-electron chi connectivity index (χ4n) is 4.32. The molecule has 25 nitrogen and oxygen atoms in total. The summed E-state index contributed by atoms with van der Waals surface area (Å²) >= 11 is 1.03. The number of phosphoric ester groups is 3. The first-order valence-corrected chi connectivity index (χ1v) is 20.9. The molecule has 2 aromatic heterocycles. The van der Waals surface area contributed by atoms with Crippen LogP contribution in [0.25, 0.3) is 11.2 Å². The molecule has 29 heteroatoms. The number of fused-ring (bicyclic) bond motifs is 1. The molecular weight excluding hydrogens is 811 g/mol. The molecule has 3 rings (SSSR count). The highest BCUT2D eigenvalue weighted by Crippen LogP contribution is 2.61. The van der Waals surface area contributed by atoms with Crippen molar-refractivity contribution in [1.82, 2.24) is 30.2 Å². The van der Waals surface area contributed by atoms with E-state index >= 15 is 0 Å². The molecule has 306 valence electrons. The lowest BCUT2D eigenvalue weighted by Gasteiger charge is -2.30. The van der Waals surface area contributed by atoms with Crippen molar-refractivity contribution in [2.45, 2.75) is 64.8 Å². The Kier molecular flexibility index (Phi) is 17.9. The number of carbonyl (C=O) groups excluding carboxylic acids is 4. The number of nitrogens with zero attached hydrogens (tertiary/aromatic N) is 4. The number of thioether (sulfide) groups is 1. The van der Waals surface area contributed by atoms with Gasteiger partial charge in [-0.05, 0) is 6.92 Å². The zero-order chi connectivity index (χ0) is 41.1. The van der Waals surface area contributed by atoms with Crippen LogP contribution in [0.15, 0.2) is 12.7 Å². The van der Waals surface area contributed by atoms with Crippen molar-refractivity contribution in [2.75, 3.05) is 37.8 Å². The highest BCUT2D eigenvalue weighted by Gasteiger charge is 2.50. The van der Waals surface area contributed by atoms with Crippen LogP contribution in [0.4, 0.5) is 5.82 Å². The predicted molar refractivity (Wildman–Crippen MR) is 185 cm³/mol. The van der Waals surface area contributed by atoms with Crippen molar-refractivity contribution >= 4 is 75.4 Å². The molecule has 1 saturated heterocycles. The molecule has 0 spiro atoms. The Morgan fingerprint density at radius 3 is 2.33 bits per heavy atom. The Balaban J connectivity index is 0.00000325. The van der Waals surface area contributed by atoms with E-state index in [4.69, 9.17) is 24.3 Å². The van der Waals surface area contributed by atoms with Crippen LogP contribution < -0.4 is 16.4 Å². The second kappa shape index (κ2) is 20.4. The number of nitrogens with one attached hydrogen (secondary N) is 2. The van der Waals surface area contributed by atoms with Crippen molar-refractivity contribution < 1.29 is 85.3 Å². The van der Waals surface area contributed by atoms with Crippen LogP contribution in [0.2, 0.25) is 0 Å². The van der Waals surface area contributed by atoms with Gasteiger partial charge in [-0.25, -0.2) is 28.6 Å². The molecule has 3 heterocycles. The van der Waals surface area contributed by atoms with E-state index < -0.39 is 84.6 Å². The van der Waals surface area contributed by atoms with Crippen LogP contribution in [0, 0.1) is 5.41 Å². The average molecular weight is 854 g/mol. The zero-order valence-corrected chi connectivity index (χ0v) is 32.6. The topological polar surface area (TPSA) is 381 Å². The number of rotatable bonds is 19. The molecule has 10 N–H and O–H groups in total. The normalized spacial score (nSPS) is 21.6. The van der Waals surface area contributed by atoms with Crippen molar-refractivity contribution in [3.63, 3.8) is 0 Å². The van der Waals surface area contributed by atoms with Gasteiger partial charge in [0.15, 0.2) is 22.8 Å². The summed E-state index contributed by atoms with van der Waals surface area (Å²) < 4.78 is 61.8. The Hall–Kier alpha value is -2.77. The van der Waals surface area contributed by atoms with Gasteiger partial charge in [0.1, 0.15) is 42.5 Å². The number of hydrogen-bond acceptors (Lipinski definition) is 19.